The molecule has 2 aliphatic rings. The Morgan fingerprint density at radius 2 is 0.667 bits per heavy atom. The van der Waals surface area contributed by atoms with Gasteiger partial charge in [0.15, 0.2) is 0 Å². The lowest BCUT2D eigenvalue weighted by molar-refractivity contribution is 0.793. The van der Waals surface area contributed by atoms with Crippen LogP contribution in [0.1, 0.15) is 22.3 Å². The van der Waals surface area contributed by atoms with Crippen LogP contribution >= 0.6 is 0 Å². The predicted octanol–water partition coefficient (Wildman–Crippen LogP) is 15.8. The highest BCUT2D eigenvalue weighted by molar-refractivity contribution is 6.25. The standard InChI is InChI=1S/C59H37N/c1-2-16-43-38(14-1)15-13-24-44(43)39-28-30-40(31-29-39)60(41-32-34-49-47-19-4-3-17-45(47)46-18-5-6-20-48(46)54(49)36-41)42-33-35-53-52-23-9-12-27-57(52)59(58(53)37-42)55-25-10-7-21-50(55)51-22-8-11-26-56(51)59/h1-37H. The molecule has 0 radical (unpaired) electrons. The summed E-state index contributed by atoms with van der Waals surface area (Å²) in [6.07, 6.45) is 0. The van der Waals surface area contributed by atoms with E-state index in [1.165, 1.54) is 98.7 Å². The summed E-state index contributed by atoms with van der Waals surface area (Å²) in [5.41, 5.74) is 16.0. The van der Waals surface area contributed by atoms with Crippen molar-refractivity contribution in [2.75, 3.05) is 4.90 Å². The molecular weight excluding hydrogens is 723 g/mol. The molecule has 0 N–H and O–H groups in total. The molecular formula is C59H37N. The zero-order valence-electron chi connectivity index (χ0n) is 32.8. The molecule has 0 heterocycles. The molecule has 0 amide bonds. The quantitative estimate of drug-likeness (QED) is 0.162. The van der Waals surface area contributed by atoms with Gasteiger partial charge in [-0.1, -0.05) is 188 Å². The van der Waals surface area contributed by atoms with Gasteiger partial charge in [0.2, 0.25) is 0 Å². The van der Waals surface area contributed by atoms with Crippen molar-refractivity contribution in [3.8, 4) is 33.4 Å². The van der Waals surface area contributed by atoms with E-state index >= 15 is 0 Å². The van der Waals surface area contributed by atoms with E-state index in [1.807, 2.05) is 0 Å². The third-order valence-corrected chi connectivity index (χ3v) is 13.5. The van der Waals surface area contributed by atoms with Crippen molar-refractivity contribution >= 4 is 60.2 Å². The minimum absolute atomic E-state index is 0.433. The maximum atomic E-state index is 2.50. The molecule has 278 valence electrons. The molecule has 1 heteroatoms. The lowest BCUT2D eigenvalue weighted by atomic mass is 9.70. The van der Waals surface area contributed by atoms with Gasteiger partial charge in [-0.15, -0.1) is 0 Å². The van der Waals surface area contributed by atoms with E-state index in [9.17, 15) is 0 Å². The van der Waals surface area contributed by atoms with Crippen LogP contribution in [0.3, 0.4) is 0 Å². The molecule has 1 nitrogen and oxygen atoms in total. The molecule has 11 aromatic rings. The fourth-order valence-electron chi connectivity index (χ4n) is 11.0. The molecule has 0 fully saturated rings. The molecule has 0 aliphatic heterocycles. The van der Waals surface area contributed by atoms with Gasteiger partial charge in [-0.05, 0) is 135 Å². The first-order valence-electron chi connectivity index (χ1n) is 20.9. The van der Waals surface area contributed by atoms with Gasteiger partial charge in [-0.3, -0.25) is 0 Å². The van der Waals surface area contributed by atoms with Gasteiger partial charge in [0.1, 0.15) is 0 Å². The van der Waals surface area contributed by atoms with E-state index in [0.717, 1.165) is 17.1 Å². The van der Waals surface area contributed by atoms with Crippen LogP contribution in [-0.2, 0) is 5.41 Å². The van der Waals surface area contributed by atoms with Crippen LogP contribution in [0.25, 0.3) is 76.5 Å². The molecule has 0 saturated carbocycles. The highest BCUT2D eigenvalue weighted by Crippen LogP contribution is 2.63. The van der Waals surface area contributed by atoms with Crippen LogP contribution in [0.15, 0.2) is 224 Å². The Labute approximate surface area is 349 Å². The van der Waals surface area contributed by atoms with Gasteiger partial charge in [0, 0.05) is 17.1 Å². The van der Waals surface area contributed by atoms with Crippen molar-refractivity contribution < 1.29 is 0 Å². The number of nitrogens with zero attached hydrogens (tertiary/aromatic N) is 1. The summed E-state index contributed by atoms with van der Waals surface area (Å²) in [6, 6.07) is 83.7. The molecule has 0 aromatic heterocycles. The minimum atomic E-state index is -0.433. The summed E-state index contributed by atoms with van der Waals surface area (Å²) in [4.78, 5) is 2.47. The average molecular weight is 760 g/mol. The van der Waals surface area contributed by atoms with Crippen LogP contribution in [0.4, 0.5) is 17.1 Å². The number of rotatable bonds is 4. The van der Waals surface area contributed by atoms with Gasteiger partial charge in [0.25, 0.3) is 0 Å². The molecule has 1 spiro atoms. The largest absolute Gasteiger partial charge is 0.310 e. The lowest BCUT2D eigenvalue weighted by Crippen LogP contribution is -2.26. The van der Waals surface area contributed by atoms with E-state index in [0.29, 0.717) is 0 Å². The summed E-state index contributed by atoms with van der Waals surface area (Å²) >= 11 is 0. The van der Waals surface area contributed by atoms with Crippen molar-refractivity contribution in [3.05, 3.63) is 247 Å². The Morgan fingerprint density at radius 3 is 1.28 bits per heavy atom. The third kappa shape index (κ3) is 4.52. The second-order valence-electron chi connectivity index (χ2n) is 16.3. The lowest BCUT2D eigenvalue weighted by Gasteiger charge is -2.32. The predicted molar refractivity (Wildman–Crippen MR) is 253 cm³/mol. The molecule has 0 unspecified atom stereocenters. The Balaban J connectivity index is 1.07. The SMILES string of the molecule is c1ccc2c(c1)-c1ccccc1C21c2ccccc2-c2ccc(N(c3ccc(-c4cccc5ccccc45)cc3)c3ccc4c5ccccc5c5ccccc5c4c3)cc21. The molecule has 60 heavy (non-hydrogen) atoms. The van der Waals surface area contributed by atoms with Crippen LogP contribution in [0.5, 0.6) is 0 Å². The smallest absolute Gasteiger partial charge is 0.0726 e. The third-order valence-electron chi connectivity index (χ3n) is 13.5. The summed E-state index contributed by atoms with van der Waals surface area (Å²) in [7, 11) is 0. The zero-order valence-corrected chi connectivity index (χ0v) is 32.8. The van der Waals surface area contributed by atoms with E-state index in [4.69, 9.17) is 0 Å². The van der Waals surface area contributed by atoms with Gasteiger partial charge in [0.05, 0.1) is 5.41 Å². The highest BCUT2D eigenvalue weighted by atomic mass is 15.1. The fraction of sp³-hybridized carbons (Fsp3) is 0.0169. The van der Waals surface area contributed by atoms with Crippen LogP contribution in [0.2, 0.25) is 0 Å². The maximum Gasteiger partial charge on any atom is 0.0726 e. The summed E-state index contributed by atoms with van der Waals surface area (Å²) in [6.45, 7) is 0. The number of fused-ring (bicyclic) bond motifs is 17. The molecule has 13 rings (SSSR count). The summed E-state index contributed by atoms with van der Waals surface area (Å²) in [5.74, 6) is 0. The highest BCUT2D eigenvalue weighted by Gasteiger charge is 2.51. The second-order valence-corrected chi connectivity index (χ2v) is 16.3. The van der Waals surface area contributed by atoms with Crippen molar-refractivity contribution in [2.24, 2.45) is 0 Å². The van der Waals surface area contributed by atoms with Crippen molar-refractivity contribution in [1.29, 1.82) is 0 Å². The van der Waals surface area contributed by atoms with Gasteiger partial charge >= 0.3 is 0 Å². The molecule has 2 aliphatic carbocycles. The maximum absolute atomic E-state index is 2.50. The van der Waals surface area contributed by atoms with Crippen LogP contribution in [0, 0.1) is 0 Å². The van der Waals surface area contributed by atoms with Gasteiger partial charge in [-0.25, -0.2) is 0 Å². The van der Waals surface area contributed by atoms with Crippen molar-refractivity contribution in [2.45, 2.75) is 5.41 Å². The monoisotopic (exact) mass is 759 g/mol. The number of anilines is 3. The van der Waals surface area contributed by atoms with E-state index in [1.54, 1.807) is 0 Å². The zero-order chi connectivity index (χ0) is 39.4. The molecule has 11 aromatic carbocycles. The minimum Gasteiger partial charge on any atom is -0.310 e. The first-order valence-corrected chi connectivity index (χ1v) is 20.9. The van der Waals surface area contributed by atoms with Crippen LogP contribution < -0.4 is 4.90 Å². The topological polar surface area (TPSA) is 3.24 Å². The second kappa shape index (κ2) is 12.6. The normalized spacial score (nSPS) is 13.1. The van der Waals surface area contributed by atoms with E-state index in [2.05, 4.69) is 229 Å². The molecule has 0 saturated heterocycles. The first-order chi connectivity index (χ1) is 29.8. The van der Waals surface area contributed by atoms with Gasteiger partial charge in [-0.2, -0.15) is 0 Å². The number of hydrogen-bond acceptors (Lipinski definition) is 1. The summed E-state index contributed by atoms with van der Waals surface area (Å²) < 4.78 is 0. The van der Waals surface area contributed by atoms with Crippen molar-refractivity contribution in [3.63, 3.8) is 0 Å². The Hall–Kier alpha value is -7.74. The van der Waals surface area contributed by atoms with E-state index < -0.39 is 5.41 Å². The molecule has 0 atom stereocenters. The van der Waals surface area contributed by atoms with E-state index in [-0.39, 0.29) is 0 Å². The Kier molecular flexibility index (Phi) is 7.00. The summed E-state index contributed by atoms with van der Waals surface area (Å²) in [5, 5.41) is 10.1. The average Bonchev–Trinajstić information content (AvgIpc) is 3.79. The van der Waals surface area contributed by atoms with Crippen molar-refractivity contribution in [1.82, 2.24) is 0 Å². The Bertz CT molecular complexity index is 3450. The first kappa shape index (κ1) is 33.3. The fourth-order valence-corrected chi connectivity index (χ4v) is 11.0. The van der Waals surface area contributed by atoms with Crippen LogP contribution in [-0.4, -0.2) is 0 Å². The number of hydrogen-bond donors (Lipinski definition) is 0. The number of benzene rings is 11. The van der Waals surface area contributed by atoms with Gasteiger partial charge < -0.3 is 4.90 Å². The Morgan fingerprint density at radius 1 is 0.250 bits per heavy atom. The molecule has 0 bridgehead atoms.